The highest BCUT2D eigenvalue weighted by Gasteiger charge is 2.42. The summed E-state index contributed by atoms with van der Waals surface area (Å²) in [6.45, 7) is 9.69. The molecular weight excluding hydrogens is 307 g/mol. The summed E-state index contributed by atoms with van der Waals surface area (Å²) in [4.78, 5) is 4.86. The van der Waals surface area contributed by atoms with Gasteiger partial charge in [0.25, 0.3) is 0 Å². The van der Waals surface area contributed by atoms with Gasteiger partial charge in [0.1, 0.15) is 5.82 Å². The zero-order valence-electron chi connectivity index (χ0n) is 14.8. The fraction of sp³-hybridized carbons (Fsp3) is 0.684. The topological polar surface area (TPSA) is 35.9 Å². The van der Waals surface area contributed by atoms with E-state index in [1.807, 2.05) is 26.0 Å². The number of benzene rings is 1. The smallest absolute Gasteiger partial charge is 0.123 e. The van der Waals surface area contributed by atoms with Crippen LogP contribution in [0.5, 0.6) is 0 Å². The SMILES string of the molecule is CC(C)(O)CN1CCC2(CC1)COCCN2Cc1ccc(F)cc1. The number of piperidine rings is 1. The quantitative estimate of drug-likeness (QED) is 0.915. The van der Waals surface area contributed by atoms with Gasteiger partial charge in [-0.25, -0.2) is 4.39 Å². The fourth-order valence-electron chi connectivity index (χ4n) is 3.96. The van der Waals surface area contributed by atoms with E-state index in [0.717, 1.165) is 57.8 Å². The van der Waals surface area contributed by atoms with Crippen molar-refractivity contribution < 1.29 is 14.2 Å². The Labute approximate surface area is 144 Å². The molecule has 1 spiro atoms. The van der Waals surface area contributed by atoms with E-state index in [1.54, 1.807) is 0 Å². The van der Waals surface area contributed by atoms with Crippen LogP contribution in [0.3, 0.4) is 0 Å². The van der Waals surface area contributed by atoms with Gasteiger partial charge in [-0.15, -0.1) is 0 Å². The van der Waals surface area contributed by atoms with Crippen LogP contribution in [0.4, 0.5) is 4.39 Å². The van der Waals surface area contributed by atoms with Gasteiger partial charge in [0.05, 0.1) is 18.8 Å². The number of rotatable bonds is 4. The molecule has 1 N–H and O–H groups in total. The maximum atomic E-state index is 13.1. The molecule has 2 heterocycles. The van der Waals surface area contributed by atoms with Crippen molar-refractivity contribution in [2.45, 2.75) is 44.4 Å². The Morgan fingerprint density at radius 1 is 1.17 bits per heavy atom. The molecule has 0 bridgehead atoms. The van der Waals surface area contributed by atoms with Gasteiger partial charge in [0.15, 0.2) is 0 Å². The summed E-state index contributed by atoms with van der Waals surface area (Å²) in [5.41, 5.74) is 0.570. The lowest BCUT2D eigenvalue weighted by molar-refractivity contribution is -0.104. The summed E-state index contributed by atoms with van der Waals surface area (Å²) < 4.78 is 18.9. The second-order valence-corrected chi connectivity index (χ2v) is 7.91. The van der Waals surface area contributed by atoms with Gasteiger partial charge in [-0.1, -0.05) is 12.1 Å². The number of ether oxygens (including phenoxy) is 1. The van der Waals surface area contributed by atoms with Gasteiger partial charge >= 0.3 is 0 Å². The first-order valence-corrected chi connectivity index (χ1v) is 8.88. The minimum atomic E-state index is -0.651. The summed E-state index contributed by atoms with van der Waals surface area (Å²) in [5.74, 6) is -0.185. The van der Waals surface area contributed by atoms with E-state index < -0.39 is 5.60 Å². The van der Waals surface area contributed by atoms with E-state index in [2.05, 4.69) is 9.80 Å². The Bertz CT molecular complexity index is 533. The number of hydrogen-bond donors (Lipinski definition) is 1. The monoisotopic (exact) mass is 336 g/mol. The van der Waals surface area contributed by atoms with E-state index in [4.69, 9.17) is 4.74 Å². The lowest BCUT2D eigenvalue weighted by Gasteiger charge is -2.51. The molecule has 0 atom stereocenters. The Morgan fingerprint density at radius 2 is 1.83 bits per heavy atom. The van der Waals surface area contributed by atoms with E-state index in [0.29, 0.717) is 6.54 Å². The van der Waals surface area contributed by atoms with Crippen molar-refractivity contribution in [1.29, 1.82) is 0 Å². The molecule has 2 aliphatic rings. The third kappa shape index (κ3) is 4.33. The summed E-state index contributed by atoms with van der Waals surface area (Å²) >= 11 is 0. The van der Waals surface area contributed by atoms with Crippen LogP contribution >= 0.6 is 0 Å². The molecule has 3 rings (SSSR count). The van der Waals surface area contributed by atoms with E-state index in [1.165, 1.54) is 12.1 Å². The molecule has 4 nitrogen and oxygen atoms in total. The molecule has 2 aliphatic heterocycles. The van der Waals surface area contributed by atoms with Crippen molar-refractivity contribution >= 4 is 0 Å². The first-order chi connectivity index (χ1) is 11.4. The number of morpholine rings is 1. The largest absolute Gasteiger partial charge is 0.389 e. The molecule has 0 saturated carbocycles. The maximum absolute atomic E-state index is 13.1. The summed E-state index contributed by atoms with van der Waals surface area (Å²) in [5, 5.41) is 10.0. The van der Waals surface area contributed by atoms with Crippen LogP contribution in [-0.2, 0) is 11.3 Å². The number of β-amino-alcohol motifs (C(OH)–C–C–N with tert-alkyl or cyclic N) is 1. The molecular formula is C19H29FN2O2. The molecule has 24 heavy (non-hydrogen) atoms. The third-order valence-electron chi connectivity index (χ3n) is 5.23. The van der Waals surface area contributed by atoms with Gasteiger partial charge in [-0.3, -0.25) is 4.90 Å². The molecule has 0 aliphatic carbocycles. The van der Waals surface area contributed by atoms with Crippen LogP contribution in [0.2, 0.25) is 0 Å². The summed E-state index contributed by atoms with van der Waals surface area (Å²) in [6, 6.07) is 6.83. The minimum Gasteiger partial charge on any atom is -0.389 e. The normalized spacial score (nSPS) is 22.8. The Hall–Kier alpha value is -1.01. The number of nitrogens with zero attached hydrogens (tertiary/aromatic N) is 2. The first kappa shape index (κ1) is 17.8. The fourth-order valence-corrected chi connectivity index (χ4v) is 3.96. The van der Waals surface area contributed by atoms with Gasteiger partial charge < -0.3 is 14.7 Å². The molecule has 1 aromatic rings. The minimum absolute atomic E-state index is 0.0722. The van der Waals surface area contributed by atoms with Crippen molar-refractivity contribution in [3.05, 3.63) is 35.6 Å². The van der Waals surface area contributed by atoms with Crippen LogP contribution < -0.4 is 0 Å². The predicted molar refractivity (Wildman–Crippen MR) is 92.3 cm³/mol. The van der Waals surface area contributed by atoms with Crippen molar-refractivity contribution in [1.82, 2.24) is 9.80 Å². The molecule has 1 aromatic carbocycles. The highest BCUT2D eigenvalue weighted by atomic mass is 19.1. The molecule has 0 aromatic heterocycles. The molecule has 0 unspecified atom stereocenters. The standard InChI is InChI=1S/C19H29FN2O2/c1-18(2,23)14-21-9-7-19(8-10-21)15-24-12-11-22(19)13-16-3-5-17(20)6-4-16/h3-6,23H,7-15H2,1-2H3. The molecule has 2 fully saturated rings. The lowest BCUT2D eigenvalue weighted by atomic mass is 9.84. The van der Waals surface area contributed by atoms with E-state index in [9.17, 15) is 9.50 Å². The molecule has 134 valence electrons. The zero-order chi connectivity index (χ0) is 17.2. The van der Waals surface area contributed by atoms with E-state index >= 15 is 0 Å². The molecule has 0 radical (unpaired) electrons. The van der Waals surface area contributed by atoms with Crippen molar-refractivity contribution in [3.8, 4) is 0 Å². The second kappa shape index (κ2) is 7.08. The van der Waals surface area contributed by atoms with Crippen LogP contribution in [-0.4, -0.2) is 65.4 Å². The Balaban J connectivity index is 1.65. The number of halogens is 1. The first-order valence-electron chi connectivity index (χ1n) is 8.88. The van der Waals surface area contributed by atoms with Crippen molar-refractivity contribution in [3.63, 3.8) is 0 Å². The van der Waals surface area contributed by atoms with E-state index in [-0.39, 0.29) is 11.4 Å². The number of hydrogen-bond acceptors (Lipinski definition) is 4. The number of aliphatic hydroxyl groups is 1. The average Bonchev–Trinajstić information content (AvgIpc) is 2.53. The average molecular weight is 336 g/mol. The van der Waals surface area contributed by atoms with Crippen LogP contribution in [0.1, 0.15) is 32.3 Å². The third-order valence-corrected chi connectivity index (χ3v) is 5.23. The second-order valence-electron chi connectivity index (χ2n) is 7.91. The highest BCUT2D eigenvalue weighted by Crippen LogP contribution is 2.33. The Morgan fingerprint density at radius 3 is 2.46 bits per heavy atom. The van der Waals surface area contributed by atoms with Crippen LogP contribution in [0.15, 0.2) is 24.3 Å². The van der Waals surface area contributed by atoms with Gasteiger partial charge in [-0.2, -0.15) is 0 Å². The molecule has 5 heteroatoms. The molecule has 0 amide bonds. The van der Waals surface area contributed by atoms with Gasteiger partial charge in [0, 0.05) is 38.3 Å². The Kier molecular flexibility index (Phi) is 5.25. The predicted octanol–water partition coefficient (Wildman–Crippen LogP) is 2.26. The number of likely N-dealkylation sites (tertiary alicyclic amines) is 1. The van der Waals surface area contributed by atoms with Gasteiger partial charge in [-0.05, 0) is 44.4 Å². The summed E-state index contributed by atoms with van der Waals surface area (Å²) in [7, 11) is 0. The summed E-state index contributed by atoms with van der Waals surface area (Å²) in [6.07, 6.45) is 2.09. The zero-order valence-corrected chi connectivity index (χ0v) is 14.8. The van der Waals surface area contributed by atoms with Gasteiger partial charge in [0.2, 0.25) is 0 Å². The van der Waals surface area contributed by atoms with Crippen molar-refractivity contribution in [2.24, 2.45) is 0 Å². The lowest BCUT2D eigenvalue weighted by Crippen LogP contribution is -2.61. The van der Waals surface area contributed by atoms with Crippen LogP contribution in [0.25, 0.3) is 0 Å². The highest BCUT2D eigenvalue weighted by molar-refractivity contribution is 5.17. The van der Waals surface area contributed by atoms with Crippen LogP contribution in [0, 0.1) is 5.82 Å². The maximum Gasteiger partial charge on any atom is 0.123 e. The molecule has 2 saturated heterocycles. The van der Waals surface area contributed by atoms with Crippen molar-refractivity contribution in [2.75, 3.05) is 39.4 Å².